The van der Waals surface area contributed by atoms with E-state index in [0.29, 0.717) is 0 Å². The van der Waals surface area contributed by atoms with Crippen molar-refractivity contribution in [1.82, 2.24) is 5.32 Å². The monoisotopic (exact) mass is 125 g/mol. The molecule has 1 heteroatoms. The fourth-order valence-corrected chi connectivity index (χ4v) is 1.36. The number of allylic oxidation sites excluding steroid dienone is 1. The van der Waals surface area contributed by atoms with Gasteiger partial charge < -0.3 is 5.32 Å². The molecule has 1 rings (SSSR count). The standard InChI is InChI=1S/C8H15N/c1-3-8-4-5-9-6-7(8)2/h3,7,9H,4-6H2,1-2H3/b8-3-. The lowest BCUT2D eigenvalue weighted by molar-refractivity contribution is 0.501. The second-order valence-corrected chi connectivity index (χ2v) is 2.72. The van der Waals surface area contributed by atoms with Gasteiger partial charge in [0, 0.05) is 6.54 Å². The zero-order valence-corrected chi connectivity index (χ0v) is 6.28. The molecular weight excluding hydrogens is 110 g/mol. The lowest BCUT2D eigenvalue weighted by atomic mass is 9.95. The number of rotatable bonds is 0. The summed E-state index contributed by atoms with van der Waals surface area (Å²) in [5.74, 6) is 0.767. The van der Waals surface area contributed by atoms with Crippen LogP contribution >= 0.6 is 0 Å². The Morgan fingerprint density at radius 2 is 2.44 bits per heavy atom. The fourth-order valence-electron chi connectivity index (χ4n) is 1.36. The third-order valence-corrected chi connectivity index (χ3v) is 2.04. The summed E-state index contributed by atoms with van der Waals surface area (Å²) in [6, 6.07) is 0. The molecule has 0 saturated carbocycles. The zero-order valence-electron chi connectivity index (χ0n) is 6.28. The van der Waals surface area contributed by atoms with Crippen molar-refractivity contribution in [2.75, 3.05) is 13.1 Å². The molecule has 0 aromatic rings. The Morgan fingerprint density at radius 3 is 2.89 bits per heavy atom. The maximum atomic E-state index is 3.36. The van der Waals surface area contributed by atoms with Gasteiger partial charge in [0.1, 0.15) is 0 Å². The third kappa shape index (κ3) is 1.55. The molecule has 0 aromatic carbocycles. The van der Waals surface area contributed by atoms with E-state index >= 15 is 0 Å². The first-order chi connectivity index (χ1) is 4.34. The minimum atomic E-state index is 0.767. The zero-order chi connectivity index (χ0) is 6.69. The van der Waals surface area contributed by atoms with Gasteiger partial charge in [-0.2, -0.15) is 0 Å². The summed E-state index contributed by atoms with van der Waals surface area (Å²) in [7, 11) is 0. The molecule has 1 unspecified atom stereocenters. The molecule has 1 heterocycles. The topological polar surface area (TPSA) is 12.0 Å². The Kier molecular flexibility index (Phi) is 2.29. The highest BCUT2D eigenvalue weighted by atomic mass is 14.9. The SMILES string of the molecule is C/C=C1/CCNCC1C. The number of piperidine rings is 1. The summed E-state index contributed by atoms with van der Waals surface area (Å²) in [5, 5.41) is 3.36. The van der Waals surface area contributed by atoms with Gasteiger partial charge in [-0.25, -0.2) is 0 Å². The summed E-state index contributed by atoms with van der Waals surface area (Å²) in [4.78, 5) is 0. The van der Waals surface area contributed by atoms with E-state index in [4.69, 9.17) is 0 Å². The summed E-state index contributed by atoms with van der Waals surface area (Å²) in [6.07, 6.45) is 3.50. The van der Waals surface area contributed by atoms with E-state index < -0.39 is 0 Å². The molecule has 1 nitrogen and oxygen atoms in total. The van der Waals surface area contributed by atoms with Crippen molar-refractivity contribution in [3.63, 3.8) is 0 Å². The molecule has 0 spiro atoms. The predicted molar refractivity (Wildman–Crippen MR) is 40.4 cm³/mol. The van der Waals surface area contributed by atoms with Crippen LogP contribution in [0.2, 0.25) is 0 Å². The molecule has 0 radical (unpaired) electrons. The van der Waals surface area contributed by atoms with Gasteiger partial charge in [0.05, 0.1) is 0 Å². The first-order valence-electron chi connectivity index (χ1n) is 3.70. The van der Waals surface area contributed by atoms with Gasteiger partial charge >= 0.3 is 0 Å². The molecule has 1 saturated heterocycles. The van der Waals surface area contributed by atoms with Gasteiger partial charge in [0.25, 0.3) is 0 Å². The highest BCUT2D eigenvalue weighted by Gasteiger charge is 2.11. The Hall–Kier alpha value is -0.300. The van der Waals surface area contributed by atoms with E-state index in [-0.39, 0.29) is 0 Å². The van der Waals surface area contributed by atoms with Crippen LogP contribution in [0.5, 0.6) is 0 Å². The fraction of sp³-hybridized carbons (Fsp3) is 0.750. The van der Waals surface area contributed by atoms with Crippen LogP contribution in [-0.2, 0) is 0 Å². The van der Waals surface area contributed by atoms with Gasteiger partial charge in [0.2, 0.25) is 0 Å². The van der Waals surface area contributed by atoms with Crippen LogP contribution in [0.25, 0.3) is 0 Å². The van der Waals surface area contributed by atoms with Gasteiger partial charge in [0.15, 0.2) is 0 Å². The molecule has 1 atom stereocenters. The molecule has 1 aliphatic rings. The predicted octanol–water partition coefficient (Wildman–Crippen LogP) is 1.56. The van der Waals surface area contributed by atoms with Crippen molar-refractivity contribution < 1.29 is 0 Å². The minimum Gasteiger partial charge on any atom is -0.316 e. The Balaban J connectivity index is 2.49. The summed E-state index contributed by atoms with van der Waals surface area (Å²) in [5.41, 5.74) is 1.62. The molecule has 0 amide bonds. The third-order valence-electron chi connectivity index (χ3n) is 2.04. The molecular formula is C8H15N. The average Bonchev–Trinajstić information content (AvgIpc) is 1.89. The van der Waals surface area contributed by atoms with E-state index in [2.05, 4.69) is 25.2 Å². The number of nitrogens with one attached hydrogen (secondary N) is 1. The molecule has 9 heavy (non-hydrogen) atoms. The Labute approximate surface area is 57.1 Å². The lowest BCUT2D eigenvalue weighted by Gasteiger charge is -2.22. The first kappa shape index (κ1) is 6.81. The number of hydrogen-bond acceptors (Lipinski definition) is 1. The lowest BCUT2D eigenvalue weighted by Crippen LogP contribution is -2.29. The van der Waals surface area contributed by atoms with Crippen LogP contribution in [-0.4, -0.2) is 13.1 Å². The van der Waals surface area contributed by atoms with E-state index in [1.807, 2.05) is 0 Å². The van der Waals surface area contributed by atoms with Crippen molar-refractivity contribution in [1.29, 1.82) is 0 Å². The molecule has 1 fully saturated rings. The maximum absolute atomic E-state index is 3.36. The highest BCUT2D eigenvalue weighted by molar-refractivity contribution is 5.07. The Bertz CT molecular complexity index is 116. The van der Waals surface area contributed by atoms with E-state index in [1.165, 1.54) is 19.5 Å². The maximum Gasteiger partial charge on any atom is 0.00143 e. The van der Waals surface area contributed by atoms with Crippen LogP contribution in [0, 0.1) is 5.92 Å². The molecule has 1 aliphatic heterocycles. The largest absolute Gasteiger partial charge is 0.316 e. The normalized spacial score (nSPS) is 33.1. The first-order valence-corrected chi connectivity index (χ1v) is 3.70. The van der Waals surface area contributed by atoms with Crippen LogP contribution in [0.15, 0.2) is 11.6 Å². The second-order valence-electron chi connectivity index (χ2n) is 2.72. The van der Waals surface area contributed by atoms with E-state index in [0.717, 1.165) is 5.92 Å². The molecule has 1 N–H and O–H groups in total. The molecule has 0 bridgehead atoms. The second kappa shape index (κ2) is 3.02. The van der Waals surface area contributed by atoms with Gasteiger partial charge in [-0.15, -0.1) is 0 Å². The van der Waals surface area contributed by atoms with Crippen molar-refractivity contribution >= 4 is 0 Å². The quantitative estimate of drug-likeness (QED) is 0.484. The van der Waals surface area contributed by atoms with Crippen molar-refractivity contribution in [2.24, 2.45) is 5.92 Å². The Morgan fingerprint density at radius 1 is 1.67 bits per heavy atom. The van der Waals surface area contributed by atoms with Gasteiger partial charge in [-0.05, 0) is 25.8 Å². The van der Waals surface area contributed by atoms with Crippen molar-refractivity contribution in [3.8, 4) is 0 Å². The average molecular weight is 125 g/mol. The molecule has 52 valence electrons. The van der Waals surface area contributed by atoms with Crippen LogP contribution in [0.1, 0.15) is 20.3 Å². The van der Waals surface area contributed by atoms with E-state index in [9.17, 15) is 0 Å². The van der Waals surface area contributed by atoms with Gasteiger partial charge in [-0.3, -0.25) is 0 Å². The minimum absolute atomic E-state index is 0.767. The van der Waals surface area contributed by atoms with E-state index in [1.54, 1.807) is 5.57 Å². The number of hydrogen-bond donors (Lipinski definition) is 1. The van der Waals surface area contributed by atoms with Crippen LogP contribution < -0.4 is 5.32 Å². The summed E-state index contributed by atoms with van der Waals surface area (Å²) < 4.78 is 0. The van der Waals surface area contributed by atoms with Crippen molar-refractivity contribution in [2.45, 2.75) is 20.3 Å². The molecule has 0 aliphatic carbocycles. The summed E-state index contributed by atoms with van der Waals surface area (Å²) >= 11 is 0. The van der Waals surface area contributed by atoms with Crippen molar-refractivity contribution in [3.05, 3.63) is 11.6 Å². The smallest absolute Gasteiger partial charge is 0.00143 e. The molecule has 0 aromatic heterocycles. The summed E-state index contributed by atoms with van der Waals surface area (Å²) in [6.45, 7) is 6.75. The van der Waals surface area contributed by atoms with Gasteiger partial charge in [-0.1, -0.05) is 18.6 Å². The highest BCUT2D eigenvalue weighted by Crippen LogP contribution is 2.16. The van der Waals surface area contributed by atoms with Crippen LogP contribution in [0.4, 0.5) is 0 Å². The van der Waals surface area contributed by atoms with Crippen LogP contribution in [0.3, 0.4) is 0 Å².